The van der Waals surface area contributed by atoms with Crippen LogP contribution in [-0.2, 0) is 32.0 Å². The highest BCUT2D eigenvalue weighted by Gasteiger charge is 2.30. The van der Waals surface area contributed by atoms with E-state index in [0.717, 1.165) is 0 Å². The van der Waals surface area contributed by atoms with Gasteiger partial charge in [0, 0.05) is 12.8 Å². The summed E-state index contributed by atoms with van der Waals surface area (Å²) in [4.78, 5) is 51.7. The quantitative estimate of drug-likeness (QED) is 0.124. The zero-order valence-electron chi connectivity index (χ0n) is 24.1. The number of carboxylic acid groups (broad SMARTS) is 1. The number of amides is 3. The number of nitrogens with one attached hydrogen (secondary N) is 3. The monoisotopic (exact) mass is 585 g/mol. The van der Waals surface area contributed by atoms with E-state index in [0.29, 0.717) is 36.9 Å². The van der Waals surface area contributed by atoms with Crippen molar-refractivity contribution in [3.8, 4) is 11.5 Å². The average Bonchev–Trinajstić information content (AvgIpc) is 2.93. The molecule has 0 saturated heterocycles. The van der Waals surface area contributed by atoms with Crippen molar-refractivity contribution in [2.75, 3.05) is 6.54 Å². The lowest BCUT2D eigenvalue weighted by Crippen LogP contribution is -2.57. The summed E-state index contributed by atoms with van der Waals surface area (Å²) in [6.45, 7) is 4.26. The summed E-state index contributed by atoms with van der Waals surface area (Å²) < 4.78 is 0. The molecule has 0 saturated carbocycles. The Labute approximate surface area is 245 Å². The number of unbranched alkanes of at least 4 members (excludes halogenated alkanes) is 1. The zero-order valence-corrected chi connectivity index (χ0v) is 24.1. The highest BCUT2D eigenvalue weighted by atomic mass is 16.4. The predicted octanol–water partition coefficient (Wildman–Crippen LogP) is 0.924. The molecule has 0 aliphatic heterocycles. The van der Waals surface area contributed by atoms with Crippen molar-refractivity contribution in [3.63, 3.8) is 0 Å². The summed E-state index contributed by atoms with van der Waals surface area (Å²) in [5.41, 5.74) is 12.8. The molecule has 12 nitrogen and oxygen atoms in total. The number of phenols is 2. The minimum atomic E-state index is -1.32. The first-order chi connectivity index (χ1) is 19.9. The Bertz CT molecular complexity index is 1170. The fourth-order valence-electron chi connectivity index (χ4n) is 4.34. The Balaban J connectivity index is 2.27. The molecule has 0 bridgehead atoms. The van der Waals surface area contributed by atoms with Gasteiger partial charge in [0.1, 0.15) is 29.6 Å². The Kier molecular flexibility index (Phi) is 13.7. The van der Waals surface area contributed by atoms with Gasteiger partial charge in [-0.3, -0.25) is 14.4 Å². The molecule has 0 fully saturated rings. The lowest BCUT2D eigenvalue weighted by molar-refractivity contribution is -0.142. The van der Waals surface area contributed by atoms with Crippen LogP contribution in [0.1, 0.15) is 50.7 Å². The SMILES string of the molecule is CC(C)CC(N)C(=O)NC(CCCCN)C(=O)NC(Cc1ccc(O)cc1)C(=O)NC(Cc1ccc(O)cc1)C(=O)O. The van der Waals surface area contributed by atoms with E-state index in [1.165, 1.54) is 24.3 Å². The zero-order chi connectivity index (χ0) is 31.2. The van der Waals surface area contributed by atoms with Crippen LogP contribution in [0.3, 0.4) is 0 Å². The summed E-state index contributed by atoms with van der Waals surface area (Å²) >= 11 is 0. The van der Waals surface area contributed by atoms with Gasteiger partial charge < -0.3 is 42.7 Å². The fourth-order valence-corrected chi connectivity index (χ4v) is 4.34. The van der Waals surface area contributed by atoms with Crippen molar-refractivity contribution in [2.45, 2.75) is 76.5 Å². The number of hydrogen-bond donors (Lipinski definition) is 8. The molecule has 0 aliphatic carbocycles. The van der Waals surface area contributed by atoms with E-state index in [1.54, 1.807) is 24.3 Å². The number of carbonyl (C=O) groups excluding carboxylic acids is 3. The molecular formula is C30H43N5O7. The van der Waals surface area contributed by atoms with Crippen molar-refractivity contribution < 1.29 is 34.5 Å². The van der Waals surface area contributed by atoms with E-state index in [1.807, 2.05) is 13.8 Å². The molecule has 0 aromatic heterocycles. The van der Waals surface area contributed by atoms with Crippen LogP contribution >= 0.6 is 0 Å². The first-order valence-electron chi connectivity index (χ1n) is 14.0. The average molecular weight is 586 g/mol. The summed E-state index contributed by atoms with van der Waals surface area (Å²) in [5, 5.41) is 36.8. The molecule has 4 atom stereocenters. The highest BCUT2D eigenvalue weighted by Crippen LogP contribution is 2.14. The van der Waals surface area contributed by atoms with Gasteiger partial charge in [0.25, 0.3) is 0 Å². The minimum Gasteiger partial charge on any atom is -0.508 e. The van der Waals surface area contributed by atoms with Crippen LogP contribution in [0.5, 0.6) is 11.5 Å². The van der Waals surface area contributed by atoms with Crippen LogP contribution < -0.4 is 27.4 Å². The first-order valence-corrected chi connectivity index (χ1v) is 14.0. The van der Waals surface area contributed by atoms with E-state index in [9.17, 15) is 34.5 Å². The van der Waals surface area contributed by atoms with Crippen molar-refractivity contribution in [1.29, 1.82) is 0 Å². The van der Waals surface area contributed by atoms with Crippen molar-refractivity contribution in [3.05, 3.63) is 59.7 Å². The normalized spacial score (nSPS) is 13.9. The Morgan fingerprint density at radius 3 is 1.64 bits per heavy atom. The first kappa shape index (κ1) is 34.0. The number of carboxylic acids is 1. The second-order valence-corrected chi connectivity index (χ2v) is 10.8. The van der Waals surface area contributed by atoms with Gasteiger partial charge in [-0.15, -0.1) is 0 Å². The van der Waals surface area contributed by atoms with Gasteiger partial charge in [-0.25, -0.2) is 4.79 Å². The minimum absolute atomic E-state index is 0.0142. The van der Waals surface area contributed by atoms with Crippen LogP contribution in [0.2, 0.25) is 0 Å². The molecule has 4 unspecified atom stereocenters. The van der Waals surface area contributed by atoms with Crippen molar-refractivity contribution in [1.82, 2.24) is 16.0 Å². The molecule has 230 valence electrons. The molecule has 12 heteroatoms. The van der Waals surface area contributed by atoms with E-state index >= 15 is 0 Å². The number of benzene rings is 2. The molecule has 0 spiro atoms. The third kappa shape index (κ3) is 11.8. The summed E-state index contributed by atoms with van der Waals surface area (Å²) in [6, 6.07) is 7.61. The van der Waals surface area contributed by atoms with E-state index < -0.39 is 47.9 Å². The number of phenolic OH excluding ortho intramolecular Hbond substituents is 2. The third-order valence-electron chi connectivity index (χ3n) is 6.64. The number of aliphatic carboxylic acids is 1. The van der Waals surface area contributed by atoms with Crippen LogP contribution in [0.25, 0.3) is 0 Å². The van der Waals surface area contributed by atoms with Gasteiger partial charge in [0.15, 0.2) is 0 Å². The second kappa shape index (κ2) is 16.9. The number of nitrogens with two attached hydrogens (primary N) is 2. The van der Waals surface area contributed by atoms with E-state index in [-0.39, 0.29) is 36.7 Å². The number of carbonyl (C=O) groups is 4. The lowest BCUT2D eigenvalue weighted by Gasteiger charge is -2.26. The second-order valence-electron chi connectivity index (χ2n) is 10.8. The maximum atomic E-state index is 13.5. The lowest BCUT2D eigenvalue weighted by atomic mass is 10.0. The van der Waals surface area contributed by atoms with E-state index in [4.69, 9.17) is 11.5 Å². The topological polar surface area (TPSA) is 217 Å². The van der Waals surface area contributed by atoms with Gasteiger partial charge in [-0.1, -0.05) is 38.1 Å². The molecule has 0 heterocycles. The van der Waals surface area contributed by atoms with Crippen LogP contribution in [0.15, 0.2) is 48.5 Å². The fraction of sp³-hybridized carbons (Fsp3) is 0.467. The Morgan fingerprint density at radius 2 is 1.17 bits per heavy atom. The molecule has 0 aliphatic rings. The number of aromatic hydroxyl groups is 2. The Hall–Kier alpha value is -4.16. The standard InChI is InChI=1S/C30H43N5O7/c1-18(2)15-23(32)27(38)33-24(5-3-4-14-31)28(39)34-25(16-19-6-10-21(36)11-7-19)29(40)35-26(30(41)42)17-20-8-12-22(37)13-9-20/h6-13,18,23-26,36-37H,3-5,14-17,31-32H2,1-2H3,(H,33,38)(H,34,39)(H,35,40)(H,41,42). The number of rotatable bonds is 17. The molecular weight excluding hydrogens is 542 g/mol. The molecule has 0 radical (unpaired) electrons. The summed E-state index contributed by atoms with van der Waals surface area (Å²) in [5.74, 6) is -2.94. The Morgan fingerprint density at radius 1 is 0.714 bits per heavy atom. The third-order valence-corrected chi connectivity index (χ3v) is 6.64. The van der Waals surface area contributed by atoms with Crippen molar-refractivity contribution >= 4 is 23.7 Å². The van der Waals surface area contributed by atoms with Gasteiger partial charge in [0.05, 0.1) is 6.04 Å². The molecule has 2 aromatic carbocycles. The smallest absolute Gasteiger partial charge is 0.326 e. The number of hydrogen-bond acceptors (Lipinski definition) is 8. The predicted molar refractivity (Wildman–Crippen MR) is 157 cm³/mol. The van der Waals surface area contributed by atoms with Crippen LogP contribution in [0, 0.1) is 5.92 Å². The van der Waals surface area contributed by atoms with Crippen molar-refractivity contribution in [2.24, 2.45) is 17.4 Å². The molecule has 2 aromatic rings. The van der Waals surface area contributed by atoms with E-state index in [2.05, 4.69) is 16.0 Å². The van der Waals surface area contributed by atoms with Gasteiger partial charge >= 0.3 is 5.97 Å². The highest BCUT2D eigenvalue weighted by molar-refractivity contribution is 5.94. The molecule has 3 amide bonds. The van der Waals surface area contributed by atoms with Crippen LogP contribution in [0.4, 0.5) is 0 Å². The van der Waals surface area contributed by atoms with Gasteiger partial charge in [-0.2, -0.15) is 0 Å². The van der Waals surface area contributed by atoms with Crippen LogP contribution in [-0.4, -0.2) is 69.7 Å². The summed E-state index contributed by atoms with van der Waals surface area (Å²) in [6.07, 6.45) is 1.76. The molecule has 2 rings (SSSR count). The largest absolute Gasteiger partial charge is 0.508 e. The molecule has 10 N–H and O–H groups in total. The molecule has 42 heavy (non-hydrogen) atoms. The maximum absolute atomic E-state index is 13.5. The summed E-state index contributed by atoms with van der Waals surface area (Å²) in [7, 11) is 0. The maximum Gasteiger partial charge on any atom is 0.326 e. The van der Waals surface area contributed by atoms with Gasteiger partial charge in [-0.05, 0) is 73.5 Å². The van der Waals surface area contributed by atoms with Gasteiger partial charge in [0.2, 0.25) is 17.7 Å².